The third kappa shape index (κ3) is 7.13. The average molecular weight is 556 g/mol. The fourth-order valence-corrected chi connectivity index (χ4v) is 7.15. The second-order valence-electron chi connectivity index (χ2n) is 8.12. The third-order valence-corrected chi connectivity index (χ3v) is 9.42. The molecule has 0 aliphatic heterocycles. The molecular weight excluding hydrogens is 524 g/mol. The van der Waals surface area contributed by atoms with Crippen LogP contribution >= 0.6 is 27.7 Å². The lowest BCUT2D eigenvalue weighted by atomic mass is 10.0. The highest BCUT2D eigenvalue weighted by Gasteiger charge is 2.28. The van der Waals surface area contributed by atoms with Gasteiger partial charge in [0, 0.05) is 17.5 Å². The molecule has 3 rings (SSSR count). The lowest BCUT2D eigenvalue weighted by Gasteiger charge is -2.25. The molecular formula is C24H31BrN2O4S2. The van der Waals surface area contributed by atoms with E-state index in [-0.39, 0.29) is 17.3 Å². The summed E-state index contributed by atoms with van der Waals surface area (Å²) in [7, 11) is -2.46. The average Bonchev–Trinajstić information content (AvgIpc) is 2.81. The Morgan fingerprint density at radius 2 is 1.85 bits per heavy atom. The van der Waals surface area contributed by atoms with Crippen LogP contribution in [0, 0.1) is 6.92 Å². The van der Waals surface area contributed by atoms with E-state index in [1.165, 1.54) is 51.3 Å². The minimum absolute atomic E-state index is 0.0800. The summed E-state index contributed by atoms with van der Waals surface area (Å²) in [6, 6.07) is 11.7. The smallest absolute Gasteiger partial charge is 0.264 e. The number of thioether (sulfide) groups is 1. The maximum absolute atomic E-state index is 13.5. The Balaban J connectivity index is 1.72. The third-order valence-electron chi connectivity index (χ3n) is 5.65. The molecule has 180 valence electrons. The lowest BCUT2D eigenvalue weighted by Crippen LogP contribution is -2.41. The Bertz CT molecular complexity index is 1040. The molecule has 1 saturated carbocycles. The van der Waals surface area contributed by atoms with E-state index in [2.05, 4.69) is 21.2 Å². The Labute approximate surface area is 209 Å². The number of carbonyl (C=O) groups is 1. The molecule has 1 amide bonds. The molecule has 0 radical (unpaired) electrons. The molecule has 1 N–H and O–H groups in total. The van der Waals surface area contributed by atoms with Crippen molar-refractivity contribution >= 4 is 49.3 Å². The summed E-state index contributed by atoms with van der Waals surface area (Å²) >= 11 is 5.25. The van der Waals surface area contributed by atoms with E-state index in [0.29, 0.717) is 27.7 Å². The molecule has 0 spiro atoms. The van der Waals surface area contributed by atoms with Gasteiger partial charge >= 0.3 is 0 Å². The van der Waals surface area contributed by atoms with Crippen molar-refractivity contribution in [3.8, 4) is 5.75 Å². The largest absolute Gasteiger partial charge is 0.496 e. The number of benzene rings is 2. The lowest BCUT2D eigenvalue weighted by molar-refractivity contribution is -0.119. The number of hydrogen-bond donors (Lipinski definition) is 1. The fourth-order valence-electron chi connectivity index (χ4n) is 3.80. The van der Waals surface area contributed by atoms with Crippen molar-refractivity contribution in [1.82, 2.24) is 5.32 Å². The number of nitrogens with zero attached hydrogens (tertiary/aromatic N) is 1. The standard InChI is InChI=1S/C24H31BrN2O4S2/c1-18-8-10-19(11-9-18)27(33(29,30)21-12-13-23(31-2)22(25)16-21)17-24(28)26-14-15-32-20-6-4-3-5-7-20/h8-13,16,20H,3-7,14-15,17H2,1-2H3,(H,26,28). The first kappa shape index (κ1) is 25.9. The van der Waals surface area contributed by atoms with Gasteiger partial charge in [0.25, 0.3) is 10.0 Å². The topological polar surface area (TPSA) is 75.7 Å². The second-order valence-corrected chi connectivity index (χ2v) is 12.2. The molecule has 2 aromatic carbocycles. The number of ether oxygens (including phenoxy) is 1. The molecule has 9 heteroatoms. The highest BCUT2D eigenvalue weighted by atomic mass is 79.9. The number of aryl methyl sites for hydroxylation is 1. The fraction of sp³-hybridized carbons (Fsp3) is 0.458. The van der Waals surface area contributed by atoms with Crippen LogP contribution in [-0.2, 0) is 14.8 Å². The predicted octanol–water partition coefficient (Wildman–Crippen LogP) is 5.14. The van der Waals surface area contributed by atoms with Gasteiger partial charge in [0.15, 0.2) is 0 Å². The first-order valence-electron chi connectivity index (χ1n) is 11.1. The number of anilines is 1. The number of sulfonamides is 1. The van der Waals surface area contributed by atoms with Crippen LogP contribution in [0.25, 0.3) is 0 Å². The van der Waals surface area contributed by atoms with E-state index in [9.17, 15) is 13.2 Å². The predicted molar refractivity (Wildman–Crippen MR) is 139 cm³/mol. The van der Waals surface area contributed by atoms with Gasteiger partial charge in [-0.25, -0.2) is 8.42 Å². The summed E-state index contributed by atoms with van der Waals surface area (Å²) in [5.41, 5.74) is 1.45. The van der Waals surface area contributed by atoms with Crippen LogP contribution in [0.3, 0.4) is 0 Å². The van der Waals surface area contributed by atoms with Gasteiger partial charge in [0.1, 0.15) is 12.3 Å². The van der Waals surface area contributed by atoms with E-state index in [0.717, 1.165) is 15.6 Å². The van der Waals surface area contributed by atoms with Gasteiger partial charge in [-0.15, -0.1) is 0 Å². The van der Waals surface area contributed by atoms with E-state index in [1.54, 1.807) is 18.2 Å². The quantitative estimate of drug-likeness (QED) is 0.411. The van der Waals surface area contributed by atoms with Crippen molar-refractivity contribution in [2.75, 3.05) is 30.3 Å². The van der Waals surface area contributed by atoms with Gasteiger partial charge in [-0.3, -0.25) is 9.10 Å². The Hall–Kier alpha value is -1.71. The van der Waals surface area contributed by atoms with Gasteiger partial charge in [-0.05, 0) is 66.0 Å². The minimum Gasteiger partial charge on any atom is -0.496 e. The van der Waals surface area contributed by atoms with Gasteiger partial charge in [-0.2, -0.15) is 11.8 Å². The van der Waals surface area contributed by atoms with Crippen LogP contribution in [-0.4, -0.2) is 45.5 Å². The number of rotatable bonds is 10. The summed E-state index contributed by atoms with van der Waals surface area (Å²) < 4.78 is 33.9. The first-order valence-corrected chi connectivity index (χ1v) is 14.4. The summed E-state index contributed by atoms with van der Waals surface area (Å²) in [6.07, 6.45) is 6.39. The van der Waals surface area contributed by atoms with E-state index >= 15 is 0 Å². The SMILES string of the molecule is COc1ccc(S(=O)(=O)N(CC(=O)NCCSC2CCCCC2)c2ccc(C)cc2)cc1Br. The van der Waals surface area contributed by atoms with E-state index < -0.39 is 10.0 Å². The zero-order chi connectivity index (χ0) is 23.8. The molecule has 1 aliphatic carbocycles. The zero-order valence-electron chi connectivity index (χ0n) is 19.1. The summed E-state index contributed by atoms with van der Waals surface area (Å²) in [5.74, 6) is 1.04. The Morgan fingerprint density at radius 1 is 1.15 bits per heavy atom. The molecule has 0 heterocycles. The van der Waals surface area contributed by atoms with Gasteiger partial charge < -0.3 is 10.1 Å². The summed E-state index contributed by atoms with van der Waals surface area (Å²) in [5, 5.41) is 3.57. The zero-order valence-corrected chi connectivity index (χ0v) is 22.3. The molecule has 1 aliphatic rings. The van der Waals surface area contributed by atoms with Crippen molar-refractivity contribution in [3.05, 3.63) is 52.5 Å². The van der Waals surface area contributed by atoms with E-state index in [4.69, 9.17) is 4.74 Å². The van der Waals surface area contributed by atoms with Crippen LogP contribution in [0.4, 0.5) is 5.69 Å². The van der Waals surface area contributed by atoms with Crippen LogP contribution in [0.2, 0.25) is 0 Å². The maximum Gasteiger partial charge on any atom is 0.264 e. The van der Waals surface area contributed by atoms with Crippen molar-refractivity contribution in [1.29, 1.82) is 0 Å². The van der Waals surface area contributed by atoms with Crippen molar-refractivity contribution < 1.29 is 17.9 Å². The number of carbonyl (C=O) groups excluding carboxylic acids is 1. The molecule has 0 aromatic heterocycles. The molecule has 33 heavy (non-hydrogen) atoms. The number of nitrogens with one attached hydrogen (secondary N) is 1. The molecule has 0 bridgehead atoms. The normalized spacial score (nSPS) is 14.6. The molecule has 0 saturated heterocycles. The Morgan fingerprint density at radius 3 is 2.48 bits per heavy atom. The van der Waals surface area contributed by atoms with Crippen molar-refractivity contribution in [3.63, 3.8) is 0 Å². The minimum atomic E-state index is -3.98. The molecule has 0 unspecified atom stereocenters. The van der Waals surface area contributed by atoms with Gasteiger partial charge in [-0.1, -0.05) is 37.0 Å². The number of halogens is 1. The van der Waals surface area contributed by atoms with Crippen LogP contribution in [0.5, 0.6) is 5.75 Å². The van der Waals surface area contributed by atoms with Crippen molar-refractivity contribution in [2.45, 2.75) is 49.2 Å². The van der Waals surface area contributed by atoms with Gasteiger partial charge in [0.05, 0.1) is 22.2 Å². The second kappa shape index (κ2) is 12.1. The summed E-state index contributed by atoms with van der Waals surface area (Å²) in [6.45, 7) is 2.17. The van der Waals surface area contributed by atoms with Crippen LogP contribution < -0.4 is 14.4 Å². The highest BCUT2D eigenvalue weighted by Crippen LogP contribution is 2.31. The monoisotopic (exact) mass is 554 g/mol. The maximum atomic E-state index is 13.5. The molecule has 2 aromatic rings. The number of amides is 1. The van der Waals surface area contributed by atoms with Crippen molar-refractivity contribution in [2.24, 2.45) is 0 Å². The molecule has 1 fully saturated rings. The van der Waals surface area contributed by atoms with Gasteiger partial charge in [0.2, 0.25) is 5.91 Å². The Kier molecular flexibility index (Phi) is 9.52. The van der Waals surface area contributed by atoms with E-state index in [1.807, 2.05) is 30.8 Å². The first-order chi connectivity index (χ1) is 15.8. The van der Waals surface area contributed by atoms with Crippen LogP contribution in [0.15, 0.2) is 51.8 Å². The number of hydrogen-bond acceptors (Lipinski definition) is 5. The molecule has 6 nitrogen and oxygen atoms in total. The summed E-state index contributed by atoms with van der Waals surface area (Å²) in [4.78, 5) is 12.8. The van der Waals surface area contributed by atoms with Crippen LogP contribution in [0.1, 0.15) is 37.7 Å². The number of methoxy groups -OCH3 is 1. The highest BCUT2D eigenvalue weighted by molar-refractivity contribution is 9.10. The molecule has 0 atom stereocenters.